The molecule has 1 aromatic heterocycles. The van der Waals surface area contributed by atoms with Crippen molar-refractivity contribution in [3.63, 3.8) is 0 Å². The highest BCUT2D eigenvalue weighted by Crippen LogP contribution is 2.01. The van der Waals surface area contributed by atoms with Gasteiger partial charge >= 0.3 is 0 Å². The fraction of sp³-hybridized carbons (Fsp3) is 0.455. The Morgan fingerprint density at radius 3 is 2.81 bits per heavy atom. The molecule has 16 heavy (non-hydrogen) atoms. The van der Waals surface area contributed by atoms with Gasteiger partial charge in [-0.15, -0.1) is 0 Å². The van der Waals surface area contributed by atoms with Crippen LogP contribution in [-0.2, 0) is 6.54 Å². The first-order valence-electron chi connectivity index (χ1n) is 5.26. The maximum Gasteiger partial charge on any atom is 0.270 e. The number of hydrazine groups is 1. The van der Waals surface area contributed by atoms with Crippen LogP contribution >= 0.6 is 0 Å². The highest BCUT2D eigenvalue weighted by molar-refractivity contribution is 5.93. The number of hydrogen-bond donors (Lipinski definition) is 2. The second-order valence-corrected chi connectivity index (χ2v) is 4.08. The van der Waals surface area contributed by atoms with Crippen LogP contribution in [0.25, 0.3) is 0 Å². The predicted molar refractivity (Wildman–Crippen MR) is 61.8 cm³/mol. The Balaban J connectivity index is 2.95. The second kappa shape index (κ2) is 5.46. The standard InChI is InChI=1S/C11H17N3O2/c1-8(2)5-7-14-6-3-4-9(11(14)16)10(15)13-12/h3-4,6,8H,5,7,12H2,1-2H3,(H,13,15). The Labute approximate surface area is 94.2 Å². The first kappa shape index (κ1) is 12.4. The molecule has 0 radical (unpaired) electrons. The summed E-state index contributed by atoms with van der Waals surface area (Å²) < 4.78 is 1.53. The third kappa shape index (κ3) is 2.93. The molecule has 0 aromatic carbocycles. The zero-order valence-corrected chi connectivity index (χ0v) is 9.56. The molecule has 1 rings (SSSR count). The van der Waals surface area contributed by atoms with E-state index in [0.717, 1.165) is 6.42 Å². The minimum absolute atomic E-state index is 0.0776. The smallest absolute Gasteiger partial charge is 0.270 e. The largest absolute Gasteiger partial charge is 0.315 e. The van der Waals surface area contributed by atoms with E-state index in [1.54, 1.807) is 12.3 Å². The van der Waals surface area contributed by atoms with Gasteiger partial charge in [0.15, 0.2) is 0 Å². The van der Waals surface area contributed by atoms with Crippen molar-refractivity contribution in [3.05, 3.63) is 34.2 Å². The SMILES string of the molecule is CC(C)CCn1cccc(C(=O)NN)c1=O. The van der Waals surface area contributed by atoms with Crippen molar-refractivity contribution in [3.8, 4) is 0 Å². The summed E-state index contributed by atoms with van der Waals surface area (Å²) in [6.07, 6.45) is 2.58. The molecule has 0 fully saturated rings. The predicted octanol–water partition coefficient (Wildman–Crippen LogP) is 0.498. The van der Waals surface area contributed by atoms with E-state index in [1.165, 1.54) is 10.6 Å². The highest BCUT2D eigenvalue weighted by Gasteiger charge is 2.10. The summed E-state index contributed by atoms with van der Waals surface area (Å²) in [6, 6.07) is 3.14. The molecule has 0 saturated heterocycles. The zero-order valence-electron chi connectivity index (χ0n) is 9.56. The van der Waals surface area contributed by atoms with E-state index < -0.39 is 5.91 Å². The molecule has 3 N–H and O–H groups in total. The normalized spacial score (nSPS) is 10.5. The van der Waals surface area contributed by atoms with Gasteiger partial charge in [0, 0.05) is 12.7 Å². The molecule has 0 unspecified atom stereocenters. The van der Waals surface area contributed by atoms with Gasteiger partial charge in [-0.1, -0.05) is 13.8 Å². The van der Waals surface area contributed by atoms with E-state index in [-0.39, 0.29) is 11.1 Å². The van der Waals surface area contributed by atoms with Crippen molar-refractivity contribution < 1.29 is 4.79 Å². The molecule has 1 aromatic rings. The van der Waals surface area contributed by atoms with E-state index in [9.17, 15) is 9.59 Å². The molecule has 0 aliphatic heterocycles. The van der Waals surface area contributed by atoms with Crippen LogP contribution in [0.5, 0.6) is 0 Å². The number of nitrogens with one attached hydrogen (secondary N) is 1. The van der Waals surface area contributed by atoms with Crippen LogP contribution in [0.3, 0.4) is 0 Å². The molecular weight excluding hydrogens is 206 g/mol. The molecule has 0 spiro atoms. The Morgan fingerprint density at radius 2 is 2.25 bits per heavy atom. The lowest BCUT2D eigenvalue weighted by molar-refractivity contribution is 0.0951. The maximum absolute atomic E-state index is 11.8. The molecule has 5 heteroatoms. The van der Waals surface area contributed by atoms with Gasteiger partial charge < -0.3 is 4.57 Å². The lowest BCUT2D eigenvalue weighted by Gasteiger charge is -2.08. The van der Waals surface area contributed by atoms with Crippen LogP contribution in [0.4, 0.5) is 0 Å². The van der Waals surface area contributed by atoms with Gasteiger partial charge in [-0.2, -0.15) is 0 Å². The van der Waals surface area contributed by atoms with Crippen LogP contribution in [-0.4, -0.2) is 10.5 Å². The number of pyridine rings is 1. The van der Waals surface area contributed by atoms with Gasteiger partial charge in [0.05, 0.1) is 0 Å². The number of amides is 1. The molecule has 0 saturated carbocycles. The van der Waals surface area contributed by atoms with E-state index in [2.05, 4.69) is 13.8 Å². The van der Waals surface area contributed by atoms with Gasteiger partial charge in [-0.05, 0) is 24.5 Å². The number of carbonyl (C=O) groups excluding carboxylic acids is 1. The van der Waals surface area contributed by atoms with Crippen molar-refractivity contribution in [2.75, 3.05) is 0 Å². The van der Waals surface area contributed by atoms with Crippen molar-refractivity contribution in [1.29, 1.82) is 0 Å². The van der Waals surface area contributed by atoms with Gasteiger partial charge in [0.2, 0.25) is 0 Å². The number of nitrogens with zero attached hydrogens (tertiary/aromatic N) is 1. The summed E-state index contributed by atoms with van der Waals surface area (Å²) >= 11 is 0. The second-order valence-electron chi connectivity index (χ2n) is 4.08. The Bertz CT molecular complexity index is 423. The number of carbonyl (C=O) groups is 1. The molecule has 0 bridgehead atoms. The fourth-order valence-corrected chi connectivity index (χ4v) is 1.36. The lowest BCUT2D eigenvalue weighted by atomic mass is 10.1. The van der Waals surface area contributed by atoms with Gasteiger partial charge in [0.1, 0.15) is 5.56 Å². The van der Waals surface area contributed by atoms with Crippen LogP contribution < -0.4 is 16.8 Å². The summed E-state index contributed by atoms with van der Waals surface area (Å²) in [5.41, 5.74) is 1.74. The van der Waals surface area contributed by atoms with Gasteiger partial charge in [-0.3, -0.25) is 15.0 Å². The summed E-state index contributed by atoms with van der Waals surface area (Å²) in [6.45, 7) is 4.78. The van der Waals surface area contributed by atoms with Crippen LogP contribution in [0.15, 0.2) is 23.1 Å². The molecule has 88 valence electrons. The zero-order chi connectivity index (χ0) is 12.1. The summed E-state index contributed by atoms with van der Waals surface area (Å²) in [5, 5.41) is 0. The average Bonchev–Trinajstić information content (AvgIpc) is 2.26. The van der Waals surface area contributed by atoms with Crippen molar-refractivity contribution >= 4 is 5.91 Å². The number of aryl methyl sites for hydroxylation is 1. The number of aromatic nitrogens is 1. The third-order valence-electron chi connectivity index (χ3n) is 2.34. The van der Waals surface area contributed by atoms with Crippen molar-refractivity contribution in [2.45, 2.75) is 26.8 Å². The fourth-order valence-electron chi connectivity index (χ4n) is 1.36. The summed E-state index contributed by atoms with van der Waals surface area (Å²) in [7, 11) is 0. The Morgan fingerprint density at radius 1 is 1.56 bits per heavy atom. The first-order valence-corrected chi connectivity index (χ1v) is 5.26. The quantitative estimate of drug-likeness (QED) is 0.443. The first-order chi connectivity index (χ1) is 7.56. The monoisotopic (exact) mass is 223 g/mol. The Kier molecular flexibility index (Phi) is 4.25. The van der Waals surface area contributed by atoms with Gasteiger partial charge in [-0.25, -0.2) is 5.84 Å². The molecule has 1 amide bonds. The van der Waals surface area contributed by atoms with Crippen LogP contribution in [0.1, 0.15) is 30.6 Å². The molecule has 0 atom stereocenters. The minimum atomic E-state index is -0.552. The lowest BCUT2D eigenvalue weighted by Crippen LogP contribution is -2.36. The topological polar surface area (TPSA) is 77.1 Å². The summed E-state index contributed by atoms with van der Waals surface area (Å²) in [5.74, 6) is 4.96. The summed E-state index contributed by atoms with van der Waals surface area (Å²) in [4.78, 5) is 23.1. The van der Waals surface area contributed by atoms with Crippen LogP contribution in [0.2, 0.25) is 0 Å². The number of rotatable bonds is 4. The van der Waals surface area contributed by atoms with Crippen molar-refractivity contribution in [2.24, 2.45) is 11.8 Å². The van der Waals surface area contributed by atoms with Gasteiger partial charge in [0.25, 0.3) is 11.5 Å². The molecule has 1 heterocycles. The number of hydrogen-bond acceptors (Lipinski definition) is 3. The third-order valence-corrected chi connectivity index (χ3v) is 2.34. The molecule has 0 aliphatic rings. The minimum Gasteiger partial charge on any atom is -0.315 e. The van der Waals surface area contributed by atoms with E-state index >= 15 is 0 Å². The van der Waals surface area contributed by atoms with Crippen molar-refractivity contribution in [1.82, 2.24) is 9.99 Å². The highest BCUT2D eigenvalue weighted by atomic mass is 16.2. The molecular formula is C11H17N3O2. The maximum atomic E-state index is 11.8. The Hall–Kier alpha value is -1.62. The molecule has 5 nitrogen and oxygen atoms in total. The number of nitrogens with two attached hydrogens (primary N) is 1. The average molecular weight is 223 g/mol. The van der Waals surface area contributed by atoms with E-state index in [1.807, 2.05) is 5.43 Å². The van der Waals surface area contributed by atoms with E-state index in [4.69, 9.17) is 5.84 Å². The molecule has 0 aliphatic carbocycles. The van der Waals surface area contributed by atoms with Crippen LogP contribution in [0, 0.1) is 5.92 Å². The number of nitrogen functional groups attached to an aromatic ring is 1. The van der Waals surface area contributed by atoms with E-state index in [0.29, 0.717) is 12.5 Å².